The molecule has 0 aliphatic heterocycles. The van der Waals surface area contributed by atoms with E-state index in [1.165, 1.54) is 37.2 Å². The van der Waals surface area contributed by atoms with E-state index in [2.05, 4.69) is 0 Å². The molecule has 0 heterocycles. The van der Waals surface area contributed by atoms with Gasteiger partial charge in [-0.25, -0.2) is 8.42 Å². The molecule has 0 aromatic heterocycles. The van der Waals surface area contributed by atoms with E-state index >= 15 is 0 Å². The maximum atomic E-state index is 11.9. The monoisotopic (exact) mass is 276 g/mol. The van der Waals surface area contributed by atoms with E-state index in [0.717, 1.165) is 0 Å². The van der Waals surface area contributed by atoms with Gasteiger partial charge in [0, 0.05) is 19.8 Å². The molecule has 1 aromatic carbocycles. The number of hydrogen-bond acceptors (Lipinski definition) is 4. The van der Waals surface area contributed by atoms with E-state index < -0.39 is 21.5 Å². The van der Waals surface area contributed by atoms with Crippen LogP contribution in [0.1, 0.15) is 0 Å². The fraction of sp³-hybridized carbons (Fsp3) is 0.300. The van der Waals surface area contributed by atoms with Crippen LogP contribution in [0.4, 0.5) is 5.69 Å². The highest BCUT2D eigenvalue weighted by Gasteiger charge is 2.23. The normalized spacial score (nSPS) is 11.2. The molecule has 0 saturated carbocycles. The van der Waals surface area contributed by atoms with E-state index in [9.17, 15) is 13.2 Å². The zero-order chi connectivity index (χ0) is 13.2. The zero-order valence-corrected chi connectivity index (χ0v) is 11.0. The number of nitrogen functional groups attached to an aromatic ring is 1. The number of rotatable bonds is 3. The molecule has 0 radical (unpaired) electrons. The molecule has 0 fully saturated rings. The Balaban J connectivity index is 3.14. The van der Waals surface area contributed by atoms with Crippen molar-refractivity contribution in [3.63, 3.8) is 0 Å². The van der Waals surface area contributed by atoms with Crippen molar-refractivity contribution in [2.45, 2.75) is 4.90 Å². The van der Waals surface area contributed by atoms with E-state index in [1.807, 2.05) is 0 Å². The van der Waals surface area contributed by atoms with Gasteiger partial charge in [-0.15, -0.1) is 0 Å². The smallest absolute Gasteiger partial charge is 0.237 e. The molecule has 0 unspecified atom stereocenters. The summed E-state index contributed by atoms with van der Waals surface area (Å²) >= 11 is 5.78. The van der Waals surface area contributed by atoms with Gasteiger partial charge in [-0.05, 0) is 18.2 Å². The van der Waals surface area contributed by atoms with Crippen LogP contribution >= 0.6 is 11.6 Å². The number of benzene rings is 1. The number of nitrogens with two attached hydrogens (primary N) is 1. The Bertz CT molecular complexity index is 540. The molecule has 94 valence electrons. The van der Waals surface area contributed by atoms with Crippen molar-refractivity contribution < 1.29 is 13.2 Å². The van der Waals surface area contributed by atoms with Gasteiger partial charge in [-0.3, -0.25) is 4.79 Å². The molecule has 0 spiro atoms. The quantitative estimate of drug-likeness (QED) is 0.828. The second-order valence-electron chi connectivity index (χ2n) is 3.74. The van der Waals surface area contributed by atoms with Crippen LogP contribution in [0.3, 0.4) is 0 Å². The van der Waals surface area contributed by atoms with Crippen molar-refractivity contribution in [2.24, 2.45) is 0 Å². The number of carbonyl (C=O) groups excluding carboxylic acids is 1. The summed E-state index contributed by atoms with van der Waals surface area (Å²) in [7, 11) is -0.791. The van der Waals surface area contributed by atoms with Crippen molar-refractivity contribution in [3.05, 3.63) is 23.2 Å². The molecule has 1 amide bonds. The zero-order valence-electron chi connectivity index (χ0n) is 9.47. The lowest BCUT2D eigenvalue weighted by molar-refractivity contribution is -0.125. The molecule has 0 aliphatic rings. The SMILES string of the molecule is CN(C)C(=O)CS(=O)(=O)c1cc(N)ccc1Cl. The van der Waals surface area contributed by atoms with E-state index in [1.54, 1.807) is 0 Å². The molecule has 0 bridgehead atoms. The molecule has 2 N–H and O–H groups in total. The molecule has 1 aromatic rings. The number of nitrogens with zero attached hydrogens (tertiary/aromatic N) is 1. The Kier molecular flexibility index (Phi) is 4.00. The molecule has 0 saturated heterocycles. The second-order valence-corrected chi connectivity index (χ2v) is 6.10. The third-order valence-corrected chi connectivity index (χ3v) is 4.18. The fourth-order valence-corrected chi connectivity index (χ4v) is 3.02. The maximum Gasteiger partial charge on any atom is 0.237 e. The summed E-state index contributed by atoms with van der Waals surface area (Å²) in [6, 6.07) is 4.14. The summed E-state index contributed by atoms with van der Waals surface area (Å²) in [6.07, 6.45) is 0. The van der Waals surface area contributed by atoms with Crippen LogP contribution < -0.4 is 5.73 Å². The number of hydrogen-bond donors (Lipinski definition) is 1. The Morgan fingerprint density at radius 3 is 2.53 bits per heavy atom. The lowest BCUT2D eigenvalue weighted by Crippen LogP contribution is -2.29. The van der Waals surface area contributed by atoms with Gasteiger partial charge < -0.3 is 10.6 Å². The highest BCUT2D eigenvalue weighted by atomic mass is 35.5. The van der Waals surface area contributed by atoms with Crippen molar-refractivity contribution in [1.29, 1.82) is 0 Å². The van der Waals surface area contributed by atoms with Gasteiger partial charge >= 0.3 is 0 Å². The first kappa shape index (κ1) is 13.8. The van der Waals surface area contributed by atoms with E-state index in [4.69, 9.17) is 17.3 Å². The summed E-state index contributed by atoms with van der Waals surface area (Å²) < 4.78 is 23.9. The standard InChI is InChI=1S/C10H13ClN2O3S/c1-13(2)10(14)6-17(15,16)9-5-7(12)3-4-8(9)11/h3-5H,6,12H2,1-2H3. The summed E-state index contributed by atoms with van der Waals surface area (Å²) in [4.78, 5) is 12.5. The maximum absolute atomic E-state index is 11.9. The first-order valence-electron chi connectivity index (χ1n) is 4.72. The van der Waals surface area contributed by atoms with E-state index in [0.29, 0.717) is 0 Å². The Hall–Kier alpha value is -1.27. The van der Waals surface area contributed by atoms with Gasteiger partial charge in [0.2, 0.25) is 5.91 Å². The van der Waals surface area contributed by atoms with Crippen LogP contribution in [-0.4, -0.2) is 39.1 Å². The minimum Gasteiger partial charge on any atom is -0.399 e. The average Bonchev–Trinajstić information content (AvgIpc) is 2.20. The third kappa shape index (κ3) is 3.34. The molecular weight excluding hydrogens is 264 g/mol. The van der Waals surface area contributed by atoms with Crippen molar-refractivity contribution in [1.82, 2.24) is 4.90 Å². The van der Waals surface area contributed by atoms with Crippen LogP contribution in [0.2, 0.25) is 5.02 Å². The molecule has 5 nitrogen and oxygen atoms in total. The van der Waals surface area contributed by atoms with Gasteiger partial charge in [0.1, 0.15) is 5.75 Å². The first-order chi connectivity index (χ1) is 7.74. The van der Waals surface area contributed by atoms with Gasteiger partial charge in [-0.2, -0.15) is 0 Å². The van der Waals surface area contributed by atoms with Crippen LogP contribution in [0.15, 0.2) is 23.1 Å². The second kappa shape index (κ2) is 4.93. The largest absolute Gasteiger partial charge is 0.399 e. The molecule has 7 heteroatoms. The van der Waals surface area contributed by atoms with Crippen molar-refractivity contribution >= 4 is 33.0 Å². The number of halogens is 1. The van der Waals surface area contributed by atoms with E-state index in [-0.39, 0.29) is 15.6 Å². The Labute approximate surface area is 105 Å². The third-order valence-electron chi connectivity index (χ3n) is 2.10. The summed E-state index contributed by atoms with van der Waals surface area (Å²) in [5.74, 6) is -1.13. The lowest BCUT2D eigenvalue weighted by Gasteiger charge is -2.11. The summed E-state index contributed by atoms with van der Waals surface area (Å²) in [6.45, 7) is 0. The van der Waals surface area contributed by atoms with Gasteiger partial charge in [0.25, 0.3) is 0 Å². The number of sulfone groups is 1. The van der Waals surface area contributed by atoms with Crippen molar-refractivity contribution in [2.75, 3.05) is 25.6 Å². The minimum absolute atomic E-state index is 0.0609. The van der Waals surface area contributed by atoms with Gasteiger partial charge in [0.05, 0.1) is 9.92 Å². The molecule has 17 heavy (non-hydrogen) atoms. The predicted molar refractivity (Wildman–Crippen MR) is 66.6 cm³/mol. The average molecular weight is 277 g/mol. The van der Waals surface area contributed by atoms with Gasteiger partial charge in [0.15, 0.2) is 9.84 Å². The van der Waals surface area contributed by atoms with Crippen molar-refractivity contribution in [3.8, 4) is 0 Å². The van der Waals surface area contributed by atoms with Crippen LogP contribution in [0.25, 0.3) is 0 Å². The van der Waals surface area contributed by atoms with Crippen LogP contribution in [0.5, 0.6) is 0 Å². The highest BCUT2D eigenvalue weighted by Crippen LogP contribution is 2.24. The Morgan fingerprint density at radius 1 is 1.41 bits per heavy atom. The summed E-state index contributed by atoms with van der Waals surface area (Å²) in [5, 5.41) is 0.0609. The number of anilines is 1. The fourth-order valence-electron chi connectivity index (χ4n) is 1.13. The lowest BCUT2D eigenvalue weighted by atomic mass is 10.3. The molecule has 0 atom stereocenters. The van der Waals surface area contributed by atoms with Gasteiger partial charge in [-0.1, -0.05) is 11.6 Å². The molecule has 1 rings (SSSR count). The summed E-state index contributed by atoms with van der Waals surface area (Å²) in [5.41, 5.74) is 5.78. The topological polar surface area (TPSA) is 80.5 Å². The highest BCUT2D eigenvalue weighted by molar-refractivity contribution is 7.92. The minimum atomic E-state index is -3.76. The Morgan fingerprint density at radius 2 is 2.00 bits per heavy atom. The molecule has 0 aliphatic carbocycles. The van der Waals surface area contributed by atoms with Crippen LogP contribution in [0, 0.1) is 0 Å². The molecular formula is C10H13ClN2O3S. The van der Waals surface area contributed by atoms with Crippen LogP contribution in [-0.2, 0) is 14.6 Å². The first-order valence-corrected chi connectivity index (χ1v) is 6.75. The predicted octanol–water partition coefficient (Wildman–Crippen LogP) is 0.784. The number of amides is 1. The number of carbonyl (C=O) groups is 1.